The Morgan fingerprint density at radius 1 is 0.846 bits per heavy atom. The Bertz CT molecular complexity index is 596. The molecule has 0 N–H and O–H groups in total. The van der Waals surface area contributed by atoms with Gasteiger partial charge < -0.3 is 0 Å². The molecule has 0 bridgehead atoms. The molecule has 1 aromatic rings. The summed E-state index contributed by atoms with van der Waals surface area (Å²) < 4.78 is 12.1. The molecule has 0 spiro atoms. The van der Waals surface area contributed by atoms with Crippen molar-refractivity contribution in [3.8, 4) is 6.07 Å². The van der Waals surface area contributed by atoms with Gasteiger partial charge in [0.2, 0.25) is 0 Å². The first-order valence-electron chi connectivity index (χ1n) is 10.5. The first-order chi connectivity index (χ1) is 12.8. The van der Waals surface area contributed by atoms with Crippen molar-refractivity contribution in [3.63, 3.8) is 0 Å². The van der Waals surface area contributed by atoms with Gasteiger partial charge in [-0.15, -0.1) is 0 Å². The summed E-state index contributed by atoms with van der Waals surface area (Å²) >= 11 is 0. The zero-order chi connectivity index (χ0) is 18.2. The van der Waals surface area contributed by atoms with Crippen LogP contribution < -0.4 is 0 Å². The highest BCUT2D eigenvalue weighted by Crippen LogP contribution is 2.40. The summed E-state index contributed by atoms with van der Waals surface area (Å²) in [5.41, 5.74) is 2.18. The van der Waals surface area contributed by atoms with Crippen LogP contribution in [-0.4, -0.2) is 0 Å². The van der Waals surface area contributed by atoms with Gasteiger partial charge in [0.05, 0.1) is 18.0 Å². The molecule has 3 rings (SSSR count). The summed E-state index contributed by atoms with van der Waals surface area (Å²) in [6, 6.07) is 10.4. The van der Waals surface area contributed by atoms with Crippen LogP contribution in [0.5, 0.6) is 0 Å². The van der Waals surface area contributed by atoms with E-state index in [0.717, 1.165) is 29.7 Å². The number of allylic oxidation sites excluding steroid dienone is 1. The van der Waals surface area contributed by atoms with Crippen LogP contribution in [0.15, 0.2) is 36.7 Å². The lowest BCUT2D eigenvalue weighted by atomic mass is 9.74. The molecule has 0 amide bonds. The maximum Gasteiger partial charge on any atom is 0.0991 e. The van der Waals surface area contributed by atoms with Crippen LogP contribution >= 0.6 is 0 Å². The average Bonchev–Trinajstić information content (AvgIpc) is 2.72. The Morgan fingerprint density at radius 3 is 1.92 bits per heavy atom. The third-order valence-electron chi connectivity index (χ3n) is 6.87. The molecule has 0 unspecified atom stereocenters. The fourth-order valence-corrected chi connectivity index (χ4v) is 5.09. The second-order valence-corrected chi connectivity index (χ2v) is 8.51. The van der Waals surface area contributed by atoms with Crippen molar-refractivity contribution in [1.29, 1.82) is 5.26 Å². The maximum atomic E-state index is 12.1. The van der Waals surface area contributed by atoms with Crippen molar-refractivity contribution in [1.82, 2.24) is 0 Å². The largest absolute Gasteiger partial charge is 0.216 e. The minimum atomic E-state index is 0.693. The standard InChI is InChI=1S/C24H32FN/c25-17-1-2-19-3-5-20(6-4-19)7-8-21-9-13-23(14-10-21)24-15-11-22(18-26)12-16-24/h1,11-12,15-17,19-21,23H,2-10,13-14H2. The number of nitrogens with zero attached hydrogens (tertiary/aromatic N) is 1. The van der Waals surface area contributed by atoms with Gasteiger partial charge >= 0.3 is 0 Å². The predicted molar refractivity (Wildman–Crippen MR) is 105 cm³/mol. The smallest absolute Gasteiger partial charge is 0.0991 e. The van der Waals surface area contributed by atoms with Crippen molar-refractivity contribution in [2.45, 2.75) is 76.5 Å². The molecule has 0 atom stereocenters. The molecule has 2 fully saturated rings. The maximum absolute atomic E-state index is 12.1. The second-order valence-electron chi connectivity index (χ2n) is 8.51. The molecule has 2 saturated carbocycles. The molecule has 0 aromatic heterocycles. The van der Waals surface area contributed by atoms with Crippen LogP contribution in [0, 0.1) is 29.1 Å². The van der Waals surface area contributed by atoms with E-state index in [0.29, 0.717) is 12.2 Å². The quantitative estimate of drug-likeness (QED) is 0.526. The van der Waals surface area contributed by atoms with Gasteiger partial charge in [-0.05, 0) is 86.3 Å². The van der Waals surface area contributed by atoms with E-state index in [1.807, 2.05) is 12.1 Å². The van der Waals surface area contributed by atoms with E-state index >= 15 is 0 Å². The number of nitriles is 1. The Hall–Kier alpha value is -1.62. The Kier molecular flexibility index (Phi) is 7.30. The lowest BCUT2D eigenvalue weighted by molar-refractivity contribution is 0.231. The topological polar surface area (TPSA) is 23.8 Å². The molecular weight excluding hydrogens is 321 g/mol. The van der Waals surface area contributed by atoms with Crippen molar-refractivity contribution >= 4 is 0 Å². The highest BCUT2D eigenvalue weighted by Gasteiger charge is 2.25. The van der Waals surface area contributed by atoms with E-state index in [2.05, 4.69) is 18.2 Å². The minimum Gasteiger partial charge on any atom is -0.216 e. The van der Waals surface area contributed by atoms with Gasteiger partial charge in [-0.2, -0.15) is 5.26 Å². The molecule has 0 heterocycles. The van der Waals surface area contributed by atoms with E-state index in [1.54, 1.807) is 6.08 Å². The van der Waals surface area contributed by atoms with Crippen molar-refractivity contribution in [2.75, 3.05) is 0 Å². The normalized spacial score (nSPS) is 29.5. The van der Waals surface area contributed by atoms with E-state index in [9.17, 15) is 4.39 Å². The molecule has 0 saturated heterocycles. The first kappa shape index (κ1) is 19.2. The van der Waals surface area contributed by atoms with Gasteiger partial charge in [-0.1, -0.05) is 43.9 Å². The summed E-state index contributed by atoms with van der Waals surface area (Å²) in [7, 11) is 0. The molecule has 2 heteroatoms. The lowest BCUT2D eigenvalue weighted by Crippen LogP contribution is -2.17. The van der Waals surface area contributed by atoms with Gasteiger partial charge in [-0.3, -0.25) is 0 Å². The fourth-order valence-electron chi connectivity index (χ4n) is 5.09. The minimum absolute atomic E-state index is 0.693. The molecular formula is C24H32FN. The Balaban J connectivity index is 1.35. The predicted octanol–water partition coefficient (Wildman–Crippen LogP) is 7.29. The van der Waals surface area contributed by atoms with Gasteiger partial charge in [0.15, 0.2) is 0 Å². The summed E-state index contributed by atoms with van der Waals surface area (Å²) in [4.78, 5) is 0. The first-order valence-corrected chi connectivity index (χ1v) is 10.5. The highest BCUT2D eigenvalue weighted by molar-refractivity contribution is 5.33. The van der Waals surface area contributed by atoms with Crippen LogP contribution in [0.1, 0.15) is 87.7 Å². The third kappa shape index (κ3) is 5.44. The molecule has 1 nitrogen and oxygen atoms in total. The van der Waals surface area contributed by atoms with E-state index < -0.39 is 0 Å². The van der Waals surface area contributed by atoms with Gasteiger partial charge in [0.25, 0.3) is 0 Å². The summed E-state index contributed by atoms with van der Waals surface area (Å²) in [5, 5.41) is 8.92. The monoisotopic (exact) mass is 353 g/mol. The van der Waals surface area contributed by atoms with Crippen LogP contribution in [0.3, 0.4) is 0 Å². The SMILES string of the molecule is N#Cc1ccc(C2CCC(CCC3CCC(CC=CF)CC3)CC2)cc1. The number of benzene rings is 1. The van der Waals surface area contributed by atoms with Gasteiger partial charge in [-0.25, -0.2) is 4.39 Å². The summed E-state index contributed by atoms with van der Waals surface area (Å²) in [6.45, 7) is 0. The Morgan fingerprint density at radius 2 is 1.38 bits per heavy atom. The molecule has 26 heavy (non-hydrogen) atoms. The van der Waals surface area contributed by atoms with Gasteiger partial charge in [0.1, 0.15) is 0 Å². The van der Waals surface area contributed by atoms with Crippen molar-refractivity contribution < 1.29 is 4.39 Å². The number of hydrogen-bond donors (Lipinski definition) is 0. The lowest BCUT2D eigenvalue weighted by Gasteiger charge is -2.32. The van der Waals surface area contributed by atoms with Crippen molar-refractivity contribution in [3.05, 3.63) is 47.8 Å². The highest BCUT2D eigenvalue weighted by atomic mass is 19.1. The zero-order valence-corrected chi connectivity index (χ0v) is 15.9. The molecule has 0 radical (unpaired) electrons. The summed E-state index contributed by atoms with van der Waals surface area (Å²) in [5.74, 6) is 3.24. The van der Waals surface area contributed by atoms with Crippen molar-refractivity contribution in [2.24, 2.45) is 17.8 Å². The fraction of sp³-hybridized carbons (Fsp3) is 0.625. The van der Waals surface area contributed by atoms with Crippen LogP contribution in [0.25, 0.3) is 0 Å². The zero-order valence-electron chi connectivity index (χ0n) is 15.9. The number of hydrogen-bond acceptors (Lipinski definition) is 1. The second kappa shape index (κ2) is 9.91. The number of rotatable bonds is 6. The van der Waals surface area contributed by atoms with Crippen LogP contribution in [0.2, 0.25) is 0 Å². The van der Waals surface area contributed by atoms with Gasteiger partial charge in [0, 0.05) is 0 Å². The third-order valence-corrected chi connectivity index (χ3v) is 6.87. The Labute approximate surface area is 158 Å². The van der Waals surface area contributed by atoms with E-state index in [4.69, 9.17) is 5.26 Å². The molecule has 2 aliphatic carbocycles. The van der Waals surface area contributed by atoms with E-state index in [-0.39, 0.29) is 0 Å². The summed E-state index contributed by atoms with van der Waals surface area (Å²) in [6.07, 6.45) is 16.8. The average molecular weight is 354 g/mol. The molecule has 0 aliphatic heterocycles. The van der Waals surface area contributed by atoms with Crippen LogP contribution in [-0.2, 0) is 0 Å². The number of halogens is 1. The van der Waals surface area contributed by atoms with E-state index in [1.165, 1.54) is 69.8 Å². The molecule has 1 aromatic carbocycles. The molecule has 2 aliphatic rings. The molecule has 140 valence electrons. The van der Waals surface area contributed by atoms with Crippen LogP contribution in [0.4, 0.5) is 4.39 Å².